The third-order valence-corrected chi connectivity index (χ3v) is 7.01. The van der Waals surface area contributed by atoms with Crippen LogP contribution < -0.4 is 0 Å². The summed E-state index contributed by atoms with van der Waals surface area (Å²) in [6.45, 7) is 8.70. The SMILES string of the molecule is C=C(/C=C(/c1ccccc1)N(C)CCN1CCC(c2nccs2)CC1)c1ccccc1. The van der Waals surface area contributed by atoms with E-state index in [-0.39, 0.29) is 0 Å². The molecule has 1 saturated heterocycles. The lowest BCUT2D eigenvalue weighted by atomic mass is 9.97. The topological polar surface area (TPSA) is 19.4 Å². The molecule has 0 aliphatic carbocycles. The molecule has 0 atom stereocenters. The van der Waals surface area contributed by atoms with Crippen molar-refractivity contribution in [1.29, 1.82) is 0 Å². The van der Waals surface area contributed by atoms with Gasteiger partial charge in [0.2, 0.25) is 0 Å². The summed E-state index contributed by atoms with van der Waals surface area (Å²) in [4.78, 5) is 9.49. The normalized spacial score (nSPS) is 15.7. The minimum Gasteiger partial charge on any atom is -0.373 e. The average molecular weight is 430 g/mol. The highest BCUT2D eigenvalue weighted by Gasteiger charge is 2.22. The number of thiazole rings is 1. The maximum absolute atomic E-state index is 4.52. The molecule has 1 aromatic heterocycles. The van der Waals surface area contributed by atoms with Gasteiger partial charge in [0.05, 0.1) is 5.01 Å². The Morgan fingerprint density at radius 3 is 2.32 bits per heavy atom. The number of nitrogens with zero attached hydrogens (tertiary/aromatic N) is 3. The summed E-state index contributed by atoms with van der Waals surface area (Å²) in [7, 11) is 2.19. The van der Waals surface area contributed by atoms with Gasteiger partial charge in [0.1, 0.15) is 0 Å². The van der Waals surface area contributed by atoms with E-state index in [2.05, 4.69) is 94.5 Å². The Bertz CT molecular complexity index is 972. The van der Waals surface area contributed by atoms with Crippen LogP contribution in [0.5, 0.6) is 0 Å². The molecule has 2 aromatic carbocycles. The van der Waals surface area contributed by atoms with Crippen LogP contribution in [-0.2, 0) is 0 Å². The molecule has 0 saturated carbocycles. The van der Waals surface area contributed by atoms with E-state index in [4.69, 9.17) is 0 Å². The summed E-state index contributed by atoms with van der Waals surface area (Å²) >= 11 is 1.80. The molecular formula is C27H31N3S. The number of piperidine rings is 1. The maximum atomic E-state index is 4.52. The molecule has 2 heterocycles. The van der Waals surface area contributed by atoms with Gasteiger partial charge < -0.3 is 9.80 Å². The Balaban J connectivity index is 1.40. The number of hydrogen-bond acceptors (Lipinski definition) is 4. The Labute approximate surface area is 190 Å². The van der Waals surface area contributed by atoms with Gasteiger partial charge in [-0.1, -0.05) is 67.2 Å². The molecule has 1 aliphatic rings. The van der Waals surface area contributed by atoms with E-state index in [0.29, 0.717) is 5.92 Å². The highest BCUT2D eigenvalue weighted by Crippen LogP contribution is 2.29. The molecule has 4 heteroatoms. The second-order valence-corrected chi connectivity index (χ2v) is 9.12. The van der Waals surface area contributed by atoms with E-state index in [9.17, 15) is 0 Å². The second-order valence-electron chi connectivity index (χ2n) is 8.19. The van der Waals surface area contributed by atoms with Crippen LogP contribution in [-0.4, -0.2) is 48.0 Å². The van der Waals surface area contributed by atoms with Gasteiger partial charge in [-0.3, -0.25) is 0 Å². The Kier molecular flexibility index (Phi) is 7.34. The Morgan fingerprint density at radius 1 is 1.06 bits per heavy atom. The second kappa shape index (κ2) is 10.6. The minimum absolute atomic E-state index is 0.642. The van der Waals surface area contributed by atoms with Crippen LogP contribution >= 0.6 is 11.3 Å². The molecule has 160 valence electrons. The molecule has 31 heavy (non-hydrogen) atoms. The van der Waals surface area contributed by atoms with Crippen molar-refractivity contribution in [1.82, 2.24) is 14.8 Å². The van der Waals surface area contributed by atoms with Crippen LogP contribution in [0.25, 0.3) is 11.3 Å². The first-order valence-electron chi connectivity index (χ1n) is 11.0. The molecule has 3 nitrogen and oxygen atoms in total. The third-order valence-electron chi connectivity index (χ3n) is 6.08. The van der Waals surface area contributed by atoms with E-state index in [0.717, 1.165) is 37.3 Å². The molecular weight excluding hydrogens is 398 g/mol. The van der Waals surface area contributed by atoms with Crippen LogP contribution in [0.3, 0.4) is 0 Å². The fourth-order valence-corrected chi connectivity index (χ4v) is 4.99. The van der Waals surface area contributed by atoms with Crippen molar-refractivity contribution in [3.8, 4) is 0 Å². The van der Waals surface area contributed by atoms with Crippen molar-refractivity contribution >= 4 is 22.6 Å². The average Bonchev–Trinajstić information content (AvgIpc) is 3.37. The number of allylic oxidation sites excluding steroid dienone is 2. The van der Waals surface area contributed by atoms with Crippen LogP contribution in [0.2, 0.25) is 0 Å². The number of likely N-dealkylation sites (tertiary alicyclic amines) is 1. The molecule has 1 fully saturated rings. The Hall–Kier alpha value is -2.69. The monoisotopic (exact) mass is 429 g/mol. The first-order chi connectivity index (χ1) is 15.2. The predicted molar refractivity (Wildman–Crippen MR) is 133 cm³/mol. The highest BCUT2D eigenvalue weighted by atomic mass is 32.1. The highest BCUT2D eigenvalue weighted by molar-refractivity contribution is 7.09. The first kappa shape index (κ1) is 21.5. The lowest BCUT2D eigenvalue weighted by molar-refractivity contribution is 0.200. The van der Waals surface area contributed by atoms with Gasteiger partial charge in [0, 0.05) is 43.3 Å². The molecule has 0 radical (unpaired) electrons. The number of likely N-dealkylation sites (N-methyl/N-ethyl adjacent to an activating group) is 1. The summed E-state index contributed by atoms with van der Waals surface area (Å²) in [6, 6.07) is 21.0. The fourth-order valence-electron chi connectivity index (χ4n) is 4.17. The molecule has 0 unspecified atom stereocenters. The molecule has 0 N–H and O–H groups in total. The molecule has 3 aromatic rings. The number of aromatic nitrogens is 1. The number of benzene rings is 2. The first-order valence-corrected chi connectivity index (χ1v) is 11.9. The van der Waals surface area contributed by atoms with Crippen molar-refractivity contribution in [2.45, 2.75) is 18.8 Å². The van der Waals surface area contributed by atoms with Crippen molar-refractivity contribution in [2.24, 2.45) is 0 Å². The van der Waals surface area contributed by atoms with Crippen LogP contribution in [0.15, 0.2) is 84.9 Å². The quantitative estimate of drug-likeness (QED) is 0.409. The molecule has 1 aliphatic heterocycles. The van der Waals surface area contributed by atoms with E-state index >= 15 is 0 Å². The van der Waals surface area contributed by atoms with Crippen LogP contribution in [0.1, 0.15) is 34.9 Å². The van der Waals surface area contributed by atoms with Gasteiger partial charge >= 0.3 is 0 Å². The van der Waals surface area contributed by atoms with Crippen LogP contribution in [0.4, 0.5) is 0 Å². The van der Waals surface area contributed by atoms with Gasteiger partial charge in [-0.25, -0.2) is 4.98 Å². The van der Waals surface area contributed by atoms with Crippen molar-refractivity contribution in [3.63, 3.8) is 0 Å². The summed E-state index contributed by atoms with van der Waals surface area (Å²) in [5.41, 5.74) is 4.64. The number of hydrogen-bond donors (Lipinski definition) is 0. The van der Waals surface area contributed by atoms with Gasteiger partial charge in [0.25, 0.3) is 0 Å². The number of rotatable bonds is 8. The molecule has 0 bridgehead atoms. The standard InChI is InChI=1S/C27H31N3S/c1-22(23-9-5-3-6-10-23)21-26(24-11-7-4-8-12-24)29(2)18-19-30-16-13-25(14-17-30)27-28-15-20-31-27/h3-12,15,20-21,25H,1,13-14,16-19H2,2H3/b26-21-. The van der Waals surface area contributed by atoms with Gasteiger partial charge in [-0.05, 0) is 48.7 Å². The van der Waals surface area contributed by atoms with Gasteiger partial charge in [-0.15, -0.1) is 11.3 Å². The summed E-state index contributed by atoms with van der Waals surface area (Å²) in [5, 5.41) is 3.41. The molecule has 0 amide bonds. The van der Waals surface area contributed by atoms with Crippen molar-refractivity contribution in [2.75, 3.05) is 33.2 Å². The van der Waals surface area contributed by atoms with E-state index in [1.807, 2.05) is 12.3 Å². The lowest BCUT2D eigenvalue weighted by Crippen LogP contribution is -2.38. The largest absolute Gasteiger partial charge is 0.373 e. The third kappa shape index (κ3) is 5.72. The van der Waals surface area contributed by atoms with E-state index < -0.39 is 0 Å². The summed E-state index contributed by atoms with van der Waals surface area (Å²) in [5.74, 6) is 0.642. The van der Waals surface area contributed by atoms with Crippen LogP contribution in [0, 0.1) is 0 Å². The maximum Gasteiger partial charge on any atom is 0.0956 e. The van der Waals surface area contributed by atoms with E-state index in [1.165, 1.54) is 29.1 Å². The fraction of sp³-hybridized carbons (Fsp3) is 0.296. The van der Waals surface area contributed by atoms with Gasteiger partial charge in [0.15, 0.2) is 0 Å². The predicted octanol–water partition coefficient (Wildman–Crippen LogP) is 6.01. The van der Waals surface area contributed by atoms with Crippen molar-refractivity contribution < 1.29 is 0 Å². The minimum atomic E-state index is 0.642. The van der Waals surface area contributed by atoms with Gasteiger partial charge in [-0.2, -0.15) is 0 Å². The summed E-state index contributed by atoms with van der Waals surface area (Å²) in [6.07, 6.45) is 6.58. The van der Waals surface area contributed by atoms with E-state index in [1.54, 1.807) is 11.3 Å². The zero-order valence-electron chi connectivity index (χ0n) is 18.3. The molecule has 0 spiro atoms. The molecule has 4 rings (SSSR count). The smallest absolute Gasteiger partial charge is 0.0956 e. The van der Waals surface area contributed by atoms with Crippen molar-refractivity contribution in [3.05, 3.63) is 101 Å². The Morgan fingerprint density at radius 2 is 1.71 bits per heavy atom. The zero-order valence-corrected chi connectivity index (χ0v) is 19.1. The summed E-state index contributed by atoms with van der Waals surface area (Å²) < 4.78 is 0. The zero-order chi connectivity index (χ0) is 21.5. The lowest BCUT2D eigenvalue weighted by Gasteiger charge is -2.33.